The van der Waals surface area contributed by atoms with Crippen LogP contribution in [0, 0.1) is 0 Å². The second kappa shape index (κ2) is 10.9. The van der Waals surface area contributed by atoms with Crippen LogP contribution in [-0.4, -0.2) is 17.8 Å². The molecule has 0 atom stereocenters. The van der Waals surface area contributed by atoms with Crippen LogP contribution < -0.4 is 0 Å². The molecule has 0 radical (unpaired) electrons. The summed E-state index contributed by atoms with van der Waals surface area (Å²) < 4.78 is 5.04. The predicted molar refractivity (Wildman–Crippen MR) is 64.4 cm³/mol. The molecule has 0 unspecified atom stereocenters. The molecular formula is C12H21ClO3. The Bertz CT molecular complexity index is 204. The third-order valence-corrected chi connectivity index (χ3v) is 2.45. The Balaban J connectivity index is 3.21. The number of hydrogen-bond acceptors (Lipinski definition) is 3. The minimum atomic E-state index is -0.340. The molecule has 0 spiro atoms. The lowest BCUT2D eigenvalue weighted by Crippen LogP contribution is -2.05. The van der Waals surface area contributed by atoms with Crippen molar-refractivity contribution in [1.29, 1.82) is 0 Å². The van der Waals surface area contributed by atoms with E-state index in [4.69, 9.17) is 16.3 Å². The molecule has 94 valence electrons. The van der Waals surface area contributed by atoms with Gasteiger partial charge in [-0.2, -0.15) is 0 Å². The zero-order chi connectivity index (χ0) is 12.2. The number of esters is 1. The van der Waals surface area contributed by atoms with Crippen molar-refractivity contribution in [2.75, 3.05) is 6.61 Å². The van der Waals surface area contributed by atoms with Gasteiger partial charge in [-0.25, -0.2) is 0 Å². The van der Waals surface area contributed by atoms with Crippen LogP contribution in [0.15, 0.2) is 0 Å². The van der Waals surface area contributed by atoms with Crippen molar-refractivity contribution in [2.24, 2.45) is 0 Å². The lowest BCUT2D eigenvalue weighted by atomic mass is 10.2. The molecule has 0 rings (SSSR count). The van der Waals surface area contributed by atoms with Gasteiger partial charge in [0, 0.05) is 12.8 Å². The van der Waals surface area contributed by atoms with E-state index in [-0.39, 0.29) is 11.2 Å². The summed E-state index contributed by atoms with van der Waals surface area (Å²) in [6.45, 7) is 2.66. The van der Waals surface area contributed by atoms with E-state index < -0.39 is 0 Å². The first kappa shape index (κ1) is 15.4. The van der Waals surface area contributed by atoms with Crippen molar-refractivity contribution in [3.63, 3.8) is 0 Å². The van der Waals surface area contributed by atoms with Gasteiger partial charge in [-0.05, 0) is 30.9 Å². The van der Waals surface area contributed by atoms with E-state index in [1.165, 1.54) is 12.8 Å². The second-order valence-corrected chi connectivity index (χ2v) is 4.26. The first-order valence-corrected chi connectivity index (χ1v) is 6.38. The van der Waals surface area contributed by atoms with Crippen molar-refractivity contribution < 1.29 is 14.3 Å². The summed E-state index contributed by atoms with van der Waals surface area (Å²) in [6, 6.07) is 0. The van der Waals surface area contributed by atoms with Gasteiger partial charge in [0.1, 0.15) is 0 Å². The Hall–Kier alpha value is -0.570. The monoisotopic (exact) mass is 248 g/mol. The van der Waals surface area contributed by atoms with Crippen LogP contribution in [0.5, 0.6) is 0 Å². The van der Waals surface area contributed by atoms with Gasteiger partial charge in [0.15, 0.2) is 0 Å². The lowest BCUT2D eigenvalue weighted by Gasteiger charge is -2.03. The van der Waals surface area contributed by atoms with Gasteiger partial charge in [0.2, 0.25) is 5.24 Å². The van der Waals surface area contributed by atoms with Gasteiger partial charge in [-0.3, -0.25) is 9.59 Å². The summed E-state index contributed by atoms with van der Waals surface area (Å²) in [4.78, 5) is 21.6. The third-order valence-electron chi connectivity index (χ3n) is 2.27. The van der Waals surface area contributed by atoms with Gasteiger partial charge in [0.25, 0.3) is 0 Å². The van der Waals surface area contributed by atoms with Crippen molar-refractivity contribution in [3.05, 3.63) is 0 Å². The van der Waals surface area contributed by atoms with Crippen molar-refractivity contribution in [3.8, 4) is 0 Å². The van der Waals surface area contributed by atoms with Gasteiger partial charge < -0.3 is 4.74 Å². The highest BCUT2D eigenvalue weighted by atomic mass is 35.5. The molecule has 0 bridgehead atoms. The summed E-state index contributed by atoms with van der Waals surface area (Å²) in [5.41, 5.74) is 0. The van der Waals surface area contributed by atoms with E-state index in [1.807, 2.05) is 0 Å². The largest absolute Gasteiger partial charge is 0.466 e. The first-order chi connectivity index (χ1) is 7.66. The van der Waals surface area contributed by atoms with E-state index in [2.05, 4.69) is 6.92 Å². The average molecular weight is 249 g/mol. The summed E-state index contributed by atoms with van der Waals surface area (Å²) >= 11 is 5.17. The molecule has 0 aromatic rings. The Labute approximate surface area is 102 Å². The maximum absolute atomic E-state index is 11.2. The van der Waals surface area contributed by atoms with E-state index in [9.17, 15) is 9.59 Å². The summed E-state index contributed by atoms with van der Waals surface area (Å²) in [6.07, 6.45) is 6.49. The number of rotatable bonds is 10. The SMILES string of the molecule is CCCCCCOC(=O)CCCCC(=O)Cl. The highest BCUT2D eigenvalue weighted by molar-refractivity contribution is 6.63. The molecule has 0 amide bonds. The van der Waals surface area contributed by atoms with E-state index in [1.54, 1.807) is 0 Å². The molecule has 0 aliphatic heterocycles. The van der Waals surface area contributed by atoms with Crippen LogP contribution in [0.2, 0.25) is 0 Å². The van der Waals surface area contributed by atoms with Crippen molar-refractivity contribution in [2.45, 2.75) is 58.3 Å². The molecule has 3 nitrogen and oxygen atoms in total. The Kier molecular flexibility index (Phi) is 10.5. The fourth-order valence-electron chi connectivity index (χ4n) is 1.32. The maximum atomic E-state index is 11.2. The molecule has 4 heteroatoms. The molecular weight excluding hydrogens is 228 g/mol. The van der Waals surface area contributed by atoms with Crippen molar-refractivity contribution >= 4 is 22.8 Å². The second-order valence-electron chi connectivity index (χ2n) is 3.84. The molecule has 0 aromatic heterocycles. The normalized spacial score (nSPS) is 10.1. The van der Waals surface area contributed by atoms with Crippen LogP contribution >= 0.6 is 11.6 Å². The summed E-state index contributed by atoms with van der Waals surface area (Å²) in [5, 5.41) is -0.340. The lowest BCUT2D eigenvalue weighted by molar-refractivity contribution is -0.144. The molecule has 0 heterocycles. The molecule has 0 aliphatic rings. The van der Waals surface area contributed by atoms with E-state index in [0.717, 1.165) is 12.8 Å². The summed E-state index contributed by atoms with van der Waals surface area (Å²) in [5.74, 6) is -0.168. The molecule has 0 aliphatic carbocycles. The Morgan fingerprint density at radius 1 is 1.00 bits per heavy atom. The highest BCUT2D eigenvalue weighted by Gasteiger charge is 2.03. The molecule has 0 aromatic carbocycles. The van der Waals surface area contributed by atoms with Crippen LogP contribution in [0.3, 0.4) is 0 Å². The number of carbonyl (C=O) groups is 2. The fourth-order valence-corrected chi connectivity index (χ4v) is 1.45. The van der Waals surface area contributed by atoms with Crippen molar-refractivity contribution in [1.82, 2.24) is 0 Å². The van der Waals surface area contributed by atoms with Gasteiger partial charge >= 0.3 is 5.97 Å². The molecule has 16 heavy (non-hydrogen) atoms. The molecule has 0 N–H and O–H groups in total. The minimum Gasteiger partial charge on any atom is -0.466 e. The van der Waals surface area contributed by atoms with Gasteiger partial charge in [-0.15, -0.1) is 0 Å². The number of hydrogen-bond donors (Lipinski definition) is 0. The quantitative estimate of drug-likeness (QED) is 0.338. The minimum absolute atomic E-state index is 0.168. The first-order valence-electron chi connectivity index (χ1n) is 6.00. The average Bonchev–Trinajstić information content (AvgIpc) is 2.24. The number of halogens is 1. The number of ether oxygens (including phenoxy) is 1. The zero-order valence-corrected chi connectivity index (χ0v) is 10.7. The van der Waals surface area contributed by atoms with Crippen LogP contribution in [0.1, 0.15) is 58.3 Å². The van der Waals surface area contributed by atoms with Crippen LogP contribution in [0.25, 0.3) is 0 Å². The van der Waals surface area contributed by atoms with Crippen LogP contribution in [-0.2, 0) is 14.3 Å². The standard InChI is InChI=1S/C12H21ClO3/c1-2-3-4-7-10-16-12(15)9-6-5-8-11(13)14/h2-10H2,1H3. The predicted octanol–water partition coefficient (Wildman–Crippen LogP) is 3.44. The highest BCUT2D eigenvalue weighted by Crippen LogP contribution is 2.04. The summed E-state index contributed by atoms with van der Waals surface area (Å²) in [7, 11) is 0. The van der Waals surface area contributed by atoms with E-state index >= 15 is 0 Å². The number of unbranched alkanes of at least 4 members (excludes halogenated alkanes) is 4. The van der Waals surface area contributed by atoms with E-state index in [0.29, 0.717) is 32.3 Å². The Morgan fingerprint density at radius 3 is 2.31 bits per heavy atom. The van der Waals surface area contributed by atoms with Gasteiger partial charge in [-0.1, -0.05) is 26.2 Å². The molecule has 0 saturated carbocycles. The number of carbonyl (C=O) groups excluding carboxylic acids is 2. The molecule has 0 saturated heterocycles. The van der Waals surface area contributed by atoms with Crippen LogP contribution in [0.4, 0.5) is 0 Å². The smallest absolute Gasteiger partial charge is 0.305 e. The third kappa shape index (κ3) is 11.5. The topological polar surface area (TPSA) is 43.4 Å². The molecule has 0 fully saturated rings. The fraction of sp³-hybridized carbons (Fsp3) is 0.833. The Morgan fingerprint density at radius 2 is 1.69 bits per heavy atom. The maximum Gasteiger partial charge on any atom is 0.305 e. The zero-order valence-electron chi connectivity index (χ0n) is 9.97. The van der Waals surface area contributed by atoms with Gasteiger partial charge in [0.05, 0.1) is 6.61 Å².